The zero-order chi connectivity index (χ0) is 17.3. The van der Waals surface area contributed by atoms with Crippen LogP contribution in [-0.2, 0) is 14.6 Å². The van der Waals surface area contributed by atoms with E-state index in [0.717, 1.165) is 25.1 Å². The molecule has 1 N–H and O–H groups in total. The number of sulfone groups is 1. The molecule has 1 aromatic rings. The smallest absolute Gasteiger partial charge is 0.233 e. The number of hydrogen-bond acceptors (Lipinski definition) is 6. The first kappa shape index (κ1) is 17.7. The number of aromatic nitrogens is 3. The molecular formula is C15H24N4O3S2. The molecular weight excluding hydrogens is 348 g/mol. The molecule has 2 aliphatic rings. The van der Waals surface area contributed by atoms with Crippen molar-refractivity contribution in [1.82, 2.24) is 20.1 Å². The summed E-state index contributed by atoms with van der Waals surface area (Å²) in [6.07, 6.45) is 3.64. The Balaban J connectivity index is 1.62. The van der Waals surface area contributed by atoms with Crippen LogP contribution in [0, 0.1) is 0 Å². The maximum Gasteiger partial charge on any atom is 0.233 e. The van der Waals surface area contributed by atoms with Crippen LogP contribution in [0.1, 0.15) is 51.3 Å². The quantitative estimate of drug-likeness (QED) is 0.730. The van der Waals surface area contributed by atoms with E-state index in [9.17, 15) is 13.2 Å². The molecule has 1 aromatic heterocycles. The van der Waals surface area contributed by atoms with Gasteiger partial charge in [-0.1, -0.05) is 18.7 Å². The molecule has 2 fully saturated rings. The van der Waals surface area contributed by atoms with Gasteiger partial charge < -0.3 is 4.90 Å². The molecule has 0 radical (unpaired) electrons. The number of aromatic amines is 1. The van der Waals surface area contributed by atoms with E-state index in [2.05, 4.69) is 15.2 Å². The summed E-state index contributed by atoms with van der Waals surface area (Å²) in [5.41, 5.74) is 0. The second-order valence-electron chi connectivity index (χ2n) is 6.68. The van der Waals surface area contributed by atoms with Gasteiger partial charge in [-0.2, -0.15) is 0 Å². The summed E-state index contributed by atoms with van der Waals surface area (Å²) in [7, 11) is -3.01. The fourth-order valence-electron chi connectivity index (χ4n) is 3.06. The lowest BCUT2D eigenvalue weighted by molar-refractivity contribution is -0.132. The SMILES string of the molecule is CCC(C)N(C(=O)CSc1n[nH]c(C2CC2)n1)C1CCS(=O)(=O)C1. The first-order valence-electron chi connectivity index (χ1n) is 8.46. The summed E-state index contributed by atoms with van der Waals surface area (Å²) >= 11 is 1.32. The van der Waals surface area contributed by atoms with Crippen molar-refractivity contribution in [2.45, 2.75) is 62.7 Å². The normalized spacial score (nSPS) is 24.0. The molecule has 1 aliphatic carbocycles. The van der Waals surface area contributed by atoms with Crippen molar-refractivity contribution in [2.24, 2.45) is 0 Å². The van der Waals surface area contributed by atoms with Gasteiger partial charge in [0.05, 0.1) is 17.3 Å². The van der Waals surface area contributed by atoms with Crippen LogP contribution in [0.3, 0.4) is 0 Å². The van der Waals surface area contributed by atoms with Crippen molar-refractivity contribution in [3.63, 3.8) is 0 Å². The number of carbonyl (C=O) groups is 1. The number of amides is 1. The van der Waals surface area contributed by atoms with Crippen LogP contribution in [0.25, 0.3) is 0 Å². The van der Waals surface area contributed by atoms with E-state index in [-0.39, 0.29) is 35.2 Å². The van der Waals surface area contributed by atoms with Crippen LogP contribution in [0.15, 0.2) is 5.16 Å². The molecule has 1 amide bonds. The molecule has 2 atom stereocenters. The predicted molar refractivity (Wildman–Crippen MR) is 92.7 cm³/mol. The lowest BCUT2D eigenvalue weighted by atomic mass is 10.1. The number of carbonyl (C=O) groups excluding carboxylic acids is 1. The van der Waals surface area contributed by atoms with E-state index in [1.165, 1.54) is 11.8 Å². The molecule has 0 aromatic carbocycles. The van der Waals surface area contributed by atoms with Gasteiger partial charge in [-0.15, -0.1) is 5.10 Å². The number of H-pyrrole nitrogens is 1. The lowest BCUT2D eigenvalue weighted by Crippen LogP contribution is -2.47. The van der Waals surface area contributed by atoms with Crippen molar-refractivity contribution >= 4 is 27.5 Å². The monoisotopic (exact) mass is 372 g/mol. The minimum Gasteiger partial charge on any atom is -0.335 e. The van der Waals surface area contributed by atoms with Gasteiger partial charge in [-0.25, -0.2) is 13.4 Å². The summed E-state index contributed by atoms with van der Waals surface area (Å²) < 4.78 is 23.5. The van der Waals surface area contributed by atoms with Crippen molar-refractivity contribution in [3.05, 3.63) is 5.82 Å². The molecule has 1 saturated carbocycles. The van der Waals surface area contributed by atoms with Gasteiger partial charge in [0.15, 0.2) is 9.84 Å². The van der Waals surface area contributed by atoms with Crippen LogP contribution in [0.2, 0.25) is 0 Å². The third-order valence-electron chi connectivity index (χ3n) is 4.73. The molecule has 3 rings (SSSR count). The highest BCUT2D eigenvalue weighted by Crippen LogP contribution is 2.38. The fraction of sp³-hybridized carbons (Fsp3) is 0.800. The average Bonchev–Trinajstić information content (AvgIpc) is 3.18. The maximum absolute atomic E-state index is 12.7. The van der Waals surface area contributed by atoms with Gasteiger partial charge in [0, 0.05) is 18.0 Å². The topological polar surface area (TPSA) is 96.0 Å². The van der Waals surface area contributed by atoms with Crippen molar-refractivity contribution < 1.29 is 13.2 Å². The first-order chi connectivity index (χ1) is 11.4. The number of nitrogens with zero attached hydrogens (tertiary/aromatic N) is 3. The first-order valence-corrected chi connectivity index (χ1v) is 11.3. The van der Waals surface area contributed by atoms with E-state index in [0.29, 0.717) is 17.5 Å². The highest BCUT2D eigenvalue weighted by atomic mass is 32.2. The Labute approximate surface area is 146 Å². The molecule has 0 spiro atoms. The number of rotatable bonds is 7. The minimum atomic E-state index is -3.01. The van der Waals surface area contributed by atoms with E-state index >= 15 is 0 Å². The third-order valence-corrected chi connectivity index (χ3v) is 7.31. The van der Waals surface area contributed by atoms with Gasteiger partial charge >= 0.3 is 0 Å². The van der Waals surface area contributed by atoms with Crippen LogP contribution < -0.4 is 0 Å². The molecule has 0 bridgehead atoms. The van der Waals surface area contributed by atoms with Gasteiger partial charge in [-0.05, 0) is 32.6 Å². The lowest BCUT2D eigenvalue weighted by Gasteiger charge is -2.33. The van der Waals surface area contributed by atoms with Crippen molar-refractivity contribution in [3.8, 4) is 0 Å². The van der Waals surface area contributed by atoms with Gasteiger partial charge in [0.1, 0.15) is 5.82 Å². The molecule has 1 aliphatic heterocycles. The van der Waals surface area contributed by atoms with E-state index in [1.54, 1.807) is 4.90 Å². The summed E-state index contributed by atoms with van der Waals surface area (Å²) in [5.74, 6) is 1.88. The van der Waals surface area contributed by atoms with E-state index < -0.39 is 9.84 Å². The van der Waals surface area contributed by atoms with Crippen LogP contribution in [-0.4, -0.2) is 63.7 Å². The molecule has 2 unspecified atom stereocenters. The Morgan fingerprint density at radius 3 is 2.75 bits per heavy atom. The van der Waals surface area contributed by atoms with Gasteiger partial charge in [0.2, 0.25) is 11.1 Å². The standard InChI is InChI=1S/C15H24N4O3S2/c1-3-10(2)19(12-6-7-24(21,22)9-12)13(20)8-23-15-16-14(17-18-15)11-4-5-11/h10-12H,3-9H2,1-2H3,(H,16,17,18). The van der Waals surface area contributed by atoms with E-state index in [1.807, 2.05) is 13.8 Å². The maximum atomic E-state index is 12.7. The third kappa shape index (κ3) is 4.11. The second-order valence-corrected chi connectivity index (χ2v) is 9.85. The largest absolute Gasteiger partial charge is 0.335 e. The fourth-order valence-corrected chi connectivity index (χ4v) is 5.45. The Bertz CT molecular complexity index is 699. The number of thioether (sulfide) groups is 1. The average molecular weight is 373 g/mol. The van der Waals surface area contributed by atoms with E-state index in [4.69, 9.17) is 0 Å². The zero-order valence-electron chi connectivity index (χ0n) is 14.1. The number of nitrogens with one attached hydrogen (secondary N) is 1. The molecule has 1 saturated heterocycles. The molecule has 24 heavy (non-hydrogen) atoms. The predicted octanol–water partition coefficient (Wildman–Crippen LogP) is 1.59. The Kier molecular flexibility index (Phi) is 5.19. The zero-order valence-corrected chi connectivity index (χ0v) is 15.7. The molecule has 2 heterocycles. The van der Waals surface area contributed by atoms with Crippen molar-refractivity contribution in [1.29, 1.82) is 0 Å². The second kappa shape index (κ2) is 7.03. The molecule has 9 heteroatoms. The Morgan fingerprint density at radius 2 is 2.17 bits per heavy atom. The highest BCUT2D eigenvalue weighted by molar-refractivity contribution is 7.99. The summed E-state index contributed by atoms with van der Waals surface area (Å²) in [5, 5.41) is 7.68. The van der Waals surface area contributed by atoms with Crippen LogP contribution >= 0.6 is 11.8 Å². The van der Waals surface area contributed by atoms with Gasteiger partial charge in [0.25, 0.3) is 0 Å². The molecule has 134 valence electrons. The van der Waals surface area contributed by atoms with Crippen LogP contribution in [0.4, 0.5) is 0 Å². The summed E-state index contributed by atoms with van der Waals surface area (Å²) in [6, 6.07) is -0.169. The Hall–Kier alpha value is -1.09. The molecule has 7 nitrogen and oxygen atoms in total. The summed E-state index contributed by atoms with van der Waals surface area (Å²) in [4.78, 5) is 18.9. The van der Waals surface area contributed by atoms with Crippen LogP contribution in [0.5, 0.6) is 0 Å². The number of hydrogen-bond donors (Lipinski definition) is 1. The minimum absolute atomic E-state index is 0.0329. The summed E-state index contributed by atoms with van der Waals surface area (Å²) in [6.45, 7) is 3.99. The highest BCUT2D eigenvalue weighted by Gasteiger charge is 2.36. The Morgan fingerprint density at radius 1 is 1.42 bits per heavy atom. The van der Waals surface area contributed by atoms with Gasteiger partial charge in [-0.3, -0.25) is 9.89 Å². The van der Waals surface area contributed by atoms with Crippen molar-refractivity contribution in [2.75, 3.05) is 17.3 Å².